The topological polar surface area (TPSA) is 84.9 Å². The van der Waals surface area contributed by atoms with Gasteiger partial charge >= 0.3 is 5.97 Å². The highest BCUT2D eigenvalue weighted by Crippen LogP contribution is 2.24. The minimum absolute atomic E-state index is 0.110. The lowest BCUT2D eigenvalue weighted by molar-refractivity contribution is -0.150. The Bertz CT molecular complexity index is 548. The number of carboxylic acids is 1. The summed E-state index contributed by atoms with van der Waals surface area (Å²) in [5.41, 5.74) is 0.267. The Morgan fingerprint density at radius 1 is 1.43 bits per heavy atom. The molecule has 21 heavy (non-hydrogen) atoms. The SMILES string of the molecule is CCOc1ccc(NC(=O)[C@@H]2CC[C@H](C(=O)O)O2)cc1F. The van der Waals surface area contributed by atoms with E-state index >= 15 is 0 Å². The van der Waals surface area contributed by atoms with E-state index in [1.807, 2.05) is 0 Å². The van der Waals surface area contributed by atoms with E-state index < -0.39 is 29.9 Å². The van der Waals surface area contributed by atoms with E-state index in [1.54, 1.807) is 6.92 Å². The van der Waals surface area contributed by atoms with Crippen molar-refractivity contribution in [2.75, 3.05) is 11.9 Å². The Morgan fingerprint density at radius 2 is 2.14 bits per heavy atom. The summed E-state index contributed by atoms with van der Waals surface area (Å²) in [4.78, 5) is 22.7. The van der Waals surface area contributed by atoms with Crippen LogP contribution >= 0.6 is 0 Å². The number of carbonyl (C=O) groups excluding carboxylic acids is 1. The second kappa shape index (κ2) is 6.53. The molecule has 0 bridgehead atoms. The van der Waals surface area contributed by atoms with Gasteiger partial charge in [0, 0.05) is 11.8 Å². The van der Waals surface area contributed by atoms with E-state index in [0.717, 1.165) is 6.07 Å². The Hall–Kier alpha value is -2.15. The van der Waals surface area contributed by atoms with Crippen molar-refractivity contribution in [3.8, 4) is 5.75 Å². The number of rotatable bonds is 5. The van der Waals surface area contributed by atoms with Crippen molar-refractivity contribution < 1.29 is 28.6 Å². The number of anilines is 1. The average Bonchev–Trinajstić information content (AvgIpc) is 2.92. The second-order valence-electron chi connectivity index (χ2n) is 4.60. The van der Waals surface area contributed by atoms with Crippen LogP contribution in [0.2, 0.25) is 0 Å². The first-order valence-corrected chi connectivity index (χ1v) is 6.62. The molecule has 1 heterocycles. The van der Waals surface area contributed by atoms with Crippen molar-refractivity contribution in [2.24, 2.45) is 0 Å². The highest BCUT2D eigenvalue weighted by atomic mass is 19.1. The third kappa shape index (κ3) is 3.69. The summed E-state index contributed by atoms with van der Waals surface area (Å²) in [7, 11) is 0. The molecular weight excluding hydrogens is 281 g/mol. The zero-order valence-corrected chi connectivity index (χ0v) is 11.5. The monoisotopic (exact) mass is 297 g/mol. The molecule has 0 unspecified atom stereocenters. The molecule has 1 fully saturated rings. The van der Waals surface area contributed by atoms with Crippen LogP contribution in [-0.2, 0) is 14.3 Å². The molecule has 0 aromatic heterocycles. The molecule has 1 aromatic rings. The Kier molecular flexibility index (Phi) is 4.74. The molecule has 0 spiro atoms. The molecular formula is C14H16FNO5. The maximum Gasteiger partial charge on any atom is 0.332 e. The number of hydrogen-bond acceptors (Lipinski definition) is 4. The molecule has 1 aliphatic heterocycles. The summed E-state index contributed by atoms with van der Waals surface area (Å²) in [6, 6.07) is 4.08. The summed E-state index contributed by atoms with van der Waals surface area (Å²) in [6.07, 6.45) is -1.19. The number of halogens is 1. The maximum absolute atomic E-state index is 13.6. The van der Waals surface area contributed by atoms with Gasteiger partial charge in [0.15, 0.2) is 17.7 Å². The van der Waals surface area contributed by atoms with Crippen molar-refractivity contribution in [1.82, 2.24) is 0 Å². The highest BCUT2D eigenvalue weighted by molar-refractivity contribution is 5.94. The van der Waals surface area contributed by atoms with E-state index in [-0.39, 0.29) is 17.9 Å². The molecule has 6 nitrogen and oxygen atoms in total. The van der Waals surface area contributed by atoms with E-state index in [0.29, 0.717) is 13.0 Å². The van der Waals surface area contributed by atoms with Crippen molar-refractivity contribution in [3.05, 3.63) is 24.0 Å². The number of hydrogen-bond donors (Lipinski definition) is 2. The van der Waals surface area contributed by atoms with E-state index in [9.17, 15) is 14.0 Å². The van der Waals surface area contributed by atoms with Gasteiger partial charge in [0.25, 0.3) is 5.91 Å². The normalized spacial score (nSPS) is 21.0. The minimum atomic E-state index is -1.09. The Balaban J connectivity index is 1.97. The number of benzene rings is 1. The lowest BCUT2D eigenvalue weighted by atomic mass is 10.2. The largest absolute Gasteiger partial charge is 0.491 e. The van der Waals surface area contributed by atoms with Crippen molar-refractivity contribution in [2.45, 2.75) is 32.0 Å². The Morgan fingerprint density at radius 3 is 2.71 bits per heavy atom. The van der Waals surface area contributed by atoms with Crippen LogP contribution in [0.1, 0.15) is 19.8 Å². The van der Waals surface area contributed by atoms with Gasteiger partial charge in [-0.1, -0.05) is 0 Å². The predicted octanol–water partition coefficient (Wildman–Crippen LogP) is 1.80. The van der Waals surface area contributed by atoms with Gasteiger partial charge in [-0.25, -0.2) is 9.18 Å². The fourth-order valence-corrected chi connectivity index (χ4v) is 2.09. The maximum atomic E-state index is 13.6. The summed E-state index contributed by atoms with van der Waals surface area (Å²) >= 11 is 0. The molecule has 2 N–H and O–H groups in total. The number of carbonyl (C=O) groups is 2. The molecule has 0 radical (unpaired) electrons. The summed E-state index contributed by atoms with van der Waals surface area (Å²) in [5.74, 6) is -2.04. The van der Waals surface area contributed by atoms with Gasteiger partial charge in [0.05, 0.1) is 6.61 Å². The molecule has 2 rings (SSSR count). The van der Waals surface area contributed by atoms with Crippen LogP contribution in [0.25, 0.3) is 0 Å². The first-order valence-electron chi connectivity index (χ1n) is 6.62. The smallest absolute Gasteiger partial charge is 0.332 e. The third-order valence-corrected chi connectivity index (χ3v) is 3.09. The number of aliphatic carboxylic acids is 1. The van der Waals surface area contributed by atoms with Crippen molar-refractivity contribution in [3.63, 3.8) is 0 Å². The number of ether oxygens (including phenoxy) is 2. The molecule has 7 heteroatoms. The molecule has 114 valence electrons. The van der Waals surface area contributed by atoms with Crippen molar-refractivity contribution >= 4 is 17.6 Å². The zero-order chi connectivity index (χ0) is 15.4. The summed E-state index contributed by atoms with van der Waals surface area (Å²) < 4.78 is 23.8. The number of amides is 1. The third-order valence-electron chi connectivity index (χ3n) is 3.09. The van der Waals surface area contributed by atoms with Crippen LogP contribution in [0.4, 0.5) is 10.1 Å². The van der Waals surface area contributed by atoms with Gasteiger partial charge in [-0.15, -0.1) is 0 Å². The minimum Gasteiger partial charge on any atom is -0.491 e. The van der Waals surface area contributed by atoms with Crippen LogP contribution in [0.15, 0.2) is 18.2 Å². The van der Waals surface area contributed by atoms with Gasteiger partial charge < -0.3 is 19.9 Å². The molecule has 1 aliphatic rings. The molecule has 0 aliphatic carbocycles. The van der Waals surface area contributed by atoms with Gasteiger partial charge in [-0.3, -0.25) is 4.79 Å². The van der Waals surface area contributed by atoms with Crippen LogP contribution in [-0.4, -0.2) is 35.8 Å². The van der Waals surface area contributed by atoms with Crippen LogP contribution in [0.5, 0.6) is 5.75 Å². The second-order valence-corrected chi connectivity index (χ2v) is 4.60. The van der Waals surface area contributed by atoms with Gasteiger partial charge in [0.1, 0.15) is 6.10 Å². The van der Waals surface area contributed by atoms with Crippen molar-refractivity contribution in [1.29, 1.82) is 0 Å². The van der Waals surface area contributed by atoms with Crippen LogP contribution < -0.4 is 10.1 Å². The fraction of sp³-hybridized carbons (Fsp3) is 0.429. The van der Waals surface area contributed by atoms with Crippen LogP contribution in [0.3, 0.4) is 0 Å². The molecule has 2 atom stereocenters. The van der Waals surface area contributed by atoms with E-state index in [2.05, 4.69) is 5.32 Å². The standard InChI is InChI=1S/C14H16FNO5/c1-2-20-10-4-3-8(7-9(10)15)16-13(17)11-5-6-12(21-11)14(18)19/h3-4,7,11-12H,2,5-6H2,1H3,(H,16,17)(H,18,19)/t11-,12+/m0/s1. The van der Waals surface area contributed by atoms with E-state index in [1.165, 1.54) is 12.1 Å². The quantitative estimate of drug-likeness (QED) is 0.865. The molecule has 1 saturated heterocycles. The molecule has 1 aromatic carbocycles. The Labute approximate surface area is 120 Å². The first kappa shape index (κ1) is 15.2. The molecule has 0 saturated carbocycles. The number of nitrogens with one attached hydrogen (secondary N) is 1. The number of carboxylic acid groups (broad SMARTS) is 1. The average molecular weight is 297 g/mol. The molecule has 1 amide bonds. The lowest BCUT2D eigenvalue weighted by Gasteiger charge is -2.12. The van der Waals surface area contributed by atoms with Gasteiger partial charge in [-0.05, 0) is 31.9 Å². The highest BCUT2D eigenvalue weighted by Gasteiger charge is 2.34. The first-order chi connectivity index (χ1) is 10.0. The van der Waals surface area contributed by atoms with E-state index in [4.69, 9.17) is 14.6 Å². The summed E-state index contributed by atoms with van der Waals surface area (Å²) in [6.45, 7) is 2.08. The van der Waals surface area contributed by atoms with Gasteiger partial charge in [-0.2, -0.15) is 0 Å². The van der Waals surface area contributed by atoms with Crippen LogP contribution in [0, 0.1) is 5.82 Å². The van der Waals surface area contributed by atoms with Gasteiger partial charge in [0.2, 0.25) is 0 Å². The zero-order valence-electron chi connectivity index (χ0n) is 11.5. The lowest BCUT2D eigenvalue weighted by Crippen LogP contribution is -2.29. The predicted molar refractivity (Wildman–Crippen MR) is 71.7 cm³/mol. The fourth-order valence-electron chi connectivity index (χ4n) is 2.09. The summed E-state index contributed by atoms with van der Waals surface area (Å²) in [5, 5.41) is 11.3.